The number of imidazole rings is 1. The molecule has 0 atom stereocenters. The third-order valence-corrected chi connectivity index (χ3v) is 3.93. The zero-order valence-corrected chi connectivity index (χ0v) is 13.4. The zero-order chi connectivity index (χ0) is 16.5. The summed E-state index contributed by atoms with van der Waals surface area (Å²) >= 11 is 0. The number of hydrogen-bond acceptors (Lipinski definition) is 5. The zero-order valence-electron chi connectivity index (χ0n) is 13.4. The molecule has 1 aliphatic rings. The van der Waals surface area contributed by atoms with E-state index >= 15 is 0 Å². The van der Waals surface area contributed by atoms with E-state index in [9.17, 15) is 4.79 Å². The monoisotopic (exact) mass is 322 g/mol. The summed E-state index contributed by atoms with van der Waals surface area (Å²) in [5.41, 5.74) is 3.14. The van der Waals surface area contributed by atoms with E-state index < -0.39 is 5.97 Å². The highest BCUT2D eigenvalue weighted by molar-refractivity contribution is 5.89. The summed E-state index contributed by atoms with van der Waals surface area (Å²) < 4.78 is 7.26. The molecular formula is C18H18N4O2. The molecule has 122 valence electrons. The van der Waals surface area contributed by atoms with Gasteiger partial charge in [0.2, 0.25) is 0 Å². The van der Waals surface area contributed by atoms with Gasteiger partial charge in [-0.2, -0.15) is 0 Å². The van der Waals surface area contributed by atoms with Gasteiger partial charge in [-0.15, -0.1) is 0 Å². The first-order valence-electron chi connectivity index (χ1n) is 8.01. The van der Waals surface area contributed by atoms with Gasteiger partial charge in [0.1, 0.15) is 18.1 Å². The van der Waals surface area contributed by atoms with Crippen LogP contribution in [0.3, 0.4) is 0 Å². The predicted molar refractivity (Wildman–Crippen MR) is 89.9 cm³/mol. The topological polar surface area (TPSA) is 68.5 Å². The molecule has 24 heavy (non-hydrogen) atoms. The molecule has 3 heterocycles. The van der Waals surface area contributed by atoms with Gasteiger partial charge in [-0.05, 0) is 43.5 Å². The molecule has 1 aliphatic carbocycles. The number of aryl methyl sites for hydroxylation is 1. The van der Waals surface area contributed by atoms with Crippen LogP contribution in [0.5, 0.6) is 0 Å². The fourth-order valence-corrected chi connectivity index (χ4v) is 2.48. The molecule has 6 nitrogen and oxygen atoms in total. The Morgan fingerprint density at radius 1 is 1.29 bits per heavy atom. The largest absolute Gasteiger partial charge is 0.455 e. The van der Waals surface area contributed by atoms with Crippen molar-refractivity contribution in [3.05, 3.63) is 59.7 Å². The lowest BCUT2D eigenvalue weighted by Gasteiger charge is -2.05. The number of anilines is 1. The molecule has 0 aliphatic heterocycles. The molecule has 0 amide bonds. The van der Waals surface area contributed by atoms with E-state index in [4.69, 9.17) is 4.74 Å². The number of pyridine rings is 2. The Kier molecular flexibility index (Phi) is 3.65. The van der Waals surface area contributed by atoms with E-state index in [0.29, 0.717) is 17.3 Å². The maximum absolute atomic E-state index is 12.1. The van der Waals surface area contributed by atoms with Crippen molar-refractivity contribution in [2.24, 2.45) is 0 Å². The first kappa shape index (κ1) is 14.7. The molecule has 0 spiro atoms. The molecule has 0 radical (unpaired) electrons. The van der Waals surface area contributed by atoms with E-state index in [1.54, 1.807) is 12.3 Å². The van der Waals surface area contributed by atoms with Gasteiger partial charge in [0.05, 0.1) is 11.3 Å². The number of aromatic nitrogens is 3. The molecule has 3 aromatic rings. The summed E-state index contributed by atoms with van der Waals surface area (Å²) in [5.74, 6) is 0.401. The number of nitrogens with zero attached hydrogens (tertiary/aromatic N) is 3. The van der Waals surface area contributed by atoms with Crippen LogP contribution in [0.15, 0.2) is 42.9 Å². The smallest absolute Gasteiger partial charge is 0.340 e. The molecule has 0 aromatic carbocycles. The fourth-order valence-electron chi connectivity index (χ4n) is 2.48. The second-order valence-electron chi connectivity index (χ2n) is 6.13. The quantitative estimate of drug-likeness (QED) is 0.731. The summed E-state index contributed by atoms with van der Waals surface area (Å²) in [6.07, 6.45) is 7.77. The summed E-state index contributed by atoms with van der Waals surface area (Å²) in [4.78, 5) is 20.8. The Hall–Kier alpha value is -2.89. The van der Waals surface area contributed by atoms with Crippen molar-refractivity contribution in [3.63, 3.8) is 0 Å². The molecule has 1 N–H and O–H groups in total. The molecule has 3 aromatic heterocycles. The minimum Gasteiger partial charge on any atom is -0.455 e. The Balaban J connectivity index is 1.39. The first-order chi connectivity index (χ1) is 11.7. The van der Waals surface area contributed by atoms with Crippen LogP contribution in [0.25, 0.3) is 5.65 Å². The highest BCUT2D eigenvalue weighted by Crippen LogP contribution is 2.23. The third-order valence-electron chi connectivity index (χ3n) is 3.93. The minimum atomic E-state index is -0.395. The lowest BCUT2D eigenvalue weighted by atomic mass is 10.3. The Bertz CT molecular complexity index is 882. The van der Waals surface area contributed by atoms with Crippen molar-refractivity contribution in [1.82, 2.24) is 14.4 Å². The fraction of sp³-hybridized carbons (Fsp3) is 0.278. The maximum Gasteiger partial charge on any atom is 0.340 e. The summed E-state index contributed by atoms with van der Waals surface area (Å²) in [6, 6.07) is 8.02. The Morgan fingerprint density at radius 2 is 2.17 bits per heavy atom. The van der Waals surface area contributed by atoms with Crippen molar-refractivity contribution < 1.29 is 9.53 Å². The normalized spacial score (nSPS) is 13.9. The van der Waals surface area contributed by atoms with E-state index in [-0.39, 0.29) is 6.61 Å². The van der Waals surface area contributed by atoms with Crippen LogP contribution in [0, 0.1) is 6.92 Å². The van der Waals surface area contributed by atoms with Crippen LogP contribution in [0.1, 0.15) is 34.5 Å². The average Bonchev–Trinajstić information content (AvgIpc) is 3.30. The molecule has 0 bridgehead atoms. The van der Waals surface area contributed by atoms with Crippen molar-refractivity contribution in [3.8, 4) is 0 Å². The lowest BCUT2D eigenvalue weighted by Crippen LogP contribution is -2.07. The molecular weight excluding hydrogens is 304 g/mol. The highest BCUT2D eigenvalue weighted by Gasteiger charge is 2.21. The van der Waals surface area contributed by atoms with Crippen LogP contribution < -0.4 is 5.32 Å². The average molecular weight is 322 g/mol. The number of esters is 1. The van der Waals surface area contributed by atoms with Gasteiger partial charge in [-0.25, -0.2) is 14.8 Å². The lowest BCUT2D eigenvalue weighted by molar-refractivity contribution is 0.0468. The summed E-state index contributed by atoms with van der Waals surface area (Å²) in [6.45, 7) is 2.16. The molecule has 0 unspecified atom stereocenters. The predicted octanol–water partition coefficient (Wildman–Crippen LogP) is 2.97. The van der Waals surface area contributed by atoms with Crippen molar-refractivity contribution in [1.29, 1.82) is 0 Å². The molecule has 4 rings (SSSR count). The van der Waals surface area contributed by atoms with Gasteiger partial charge >= 0.3 is 5.97 Å². The Morgan fingerprint density at radius 3 is 2.92 bits per heavy atom. The Labute approximate surface area is 139 Å². The van der Waals surface area contributed by atoms with Crippen LogP contribution in [-0.2, 0) is 11.3 Å². The second-order valence-corrected chi connectivity index (χ2v) is 6.13. The van der Waals surface area contributed by atoms with E-state index in [1.807, 2.05) is 41.9 Å². The van der Waals surface area contributed by atoms with E-state index in [1.165, 1.54) is 12.8 Å². The molecule has 1 fully saturated rings. The number of fused-ring (bicyclic) bond motifs is 1. The van der Waals surface area contributed by atoms with Crippen LogP contribution in [-0.4, -0.2) is 26.4 Å². The van der Waals surface area contributed by atoms with Gasteiger partial charge < -0.3 is 14.5 Å². The minimum absolute atomic E-state index is 0.141. The number of nitrogens with one attached hydrogen (secondary N) is 1. The number of rotatable bonds is 5. The van der Waals surface area contributed by atoms with Crippen molar-refractivity contribution in [2.75, 3.05) is 5.32 Å². The molecule has 0 saturated heterocycles. The molecule has 6 heteroatoms. The van der Waals surface area contributed by atoms with Crippen LogP contribution in [0.4, 0.5) is 5.82 Å². The second kappa shape index (κ2) is 5.96. The highest BCUT2D eigenvalue weighted by atomic mass is 16.5. The first-order valence-corrected chi connectivity index (χ1v) is 8.01. The van der Waals surface area contributed by atoms with Crippen LogP contribution >= 0.6 is 0 Å². The molecule has 1 saturated carbocycles. The van der Waals surface area contributed by atoms with Gasteiger partial charge in [0.15, 0.2) is 0 Å². The summed E-state index contributed by atoms with van der Waals surface area (Å²) in [7, 11) is 0. The van der Waals surface area contributed by atoms with Gasteiger partial charge in [-0.1, -0.05) is 6.07 Å². The van der Waals surface area contributed by atoms with E-state index in [2.05, 4.69) is 15.3 Å². The standard InChI is InChI=1S/C18H18N4O2/c1-12-2-7-17-21-15(10-22(17)9-12)11-24-18(23)13-3-6-16(19-8-13)20-14-4-5-14/h2-3,6-10,14H,4-5,11H2,1H3,(H,19,20). The van der Waals surface area contributed by atoms with Gasteiger partial charge in [0, 0.05) is 24.6 Å². The number of hydrogen-bond donors (Lipinski definition) is 1. The summed E-state index contributed by atoms with van der Waals surface area (Å²) in [5, 5.41) is 3.28. The number of ether oxygens (including phenoxy) is 1. The van der Waals surface area contributed by atoms with Crippen LogP contribution in [0.2, 0.25) is 0 Å². The van der Waals surface area contributed by atoms with Crippen molar-refractivity contribution >= 4 is 17.4 Å². The number of carbonyl (C=O) groups excluding carboxylic acids is 1. The maximum atomic E-state index is 12.1. The SMILES string of the molecule is Cc1ccc2nc(COC(=O)c3ccc(NC4CC4)nc3)cn2c1. The van der Waals surface area contributed by atoms with Gasteiger partial charge in [-0.3, -0.25) is 0 Å². The van der Waals surface area contributed by atoms with Gasteiger partial charge in [0.25, 0.3) is 0 Å². The van der Waals surface area contributed by atoms with E-state index in [0.717, 1.165) is 17.0 Å². The van der Waals surface area contributed by atoms with Crippen molar-refractivity contribution in [2.45, 2.75) is 32.4 Å². The number of carbonyl (C=O) groups is 1. The third kappa shape index (κ3) is 3.22.